The lowest BCUT2D eigenvalue weighted by Crippen LogP contribution is -2.45. The Labute approximate surface area is 132 Å². The molecule has 1 aromatic carbocycles. The number of esters is 1. The number of hydrogen-bond acceptors (Lipinski definition) is 6. The molecule has 23 heavy (non-hydrogen) atoms. The summed E-state index contributed by atoms with van der Waals surface area (Å²) >= 11 is 0. The van der Waals surface area contributed by atoms with Gasteiger partial charge in [-0.2, -0.15) is 0 Å². The second-order valence-electron chi connectivity index (χ2n) is 5.17. The molecule has 1 fully saturated rings. The maximum absolute atomic E-state index is 12.1. The lowest BCUT2D eigenvalue weighted by molar-refractivity contribution is -0.165. The van der Waals surface area contributed by atoms with Gasteiger partial charge in [0.15, 0.2) is 17.6 Å². The zero-order chi connectivity index (χ0) is 16.4. The number of imide groups is 1. The lowest BCUT2D eigenvalue weighted by atomic mass is 10.2. The highest BCUT2D eigenvalue weighted by Crippen LogP contribution is 2.31. The Kier molecular flexibility index (Phi) is 4.05. The van der Waals surface area contributed by atoms with Gasteiger partial charge in [0.05, 0.1) is 0 Å². The van der Waals surface area contributed by atoms with Crippen molar-refractivity contribution in [2.45, 2.75) is 19.1 Å². The van der Waals surface area contributed by atoms with E-state index in [1.807, 2.05) is 0 Å². The van der Waals surface area contributed by atoms with E-state index in [1.54, 1.807) is 24.3 Å². The highest BCUT2D eigenvalue weighted by molar-refractivity contribution is 5.98. The first-order chi connectivity index (χ1) is 11.1. The number of para-hydroxylation sites is 2. The van der Waals surface area contributed by atoms with Crippen LogP contribution in [-0.2, 0) is 14.3 Å². The molecule has 0 aromatic heterocycles. The molecule has 8 nitrogen and oxygen atoms in total. The molecule has 0 radical (unpaired) electrons. The van der Waals surface area contributed by atoms with Gasteiger partial charge in [0.25, 0.3) is 5.91 Å². The van der Waals surface area contributed by atoms with Crippen molar-refractivity contribution in [3.63, 3.8) is 0 Å². The van der Waals surface area contributed by atoms with Crippen molar-refractivity contribution in [1.29, 1.82) is 0 Å². The third kappa shape index (κ3) is 3.05. The normalized spacial score (nSPS) is 20.7. The van der Waals surface area contributed by atoms with Crippen LogP contribution in [0.15, 0.2) is 24.3 Å². The number of amides is 3. The number of fused-ring (bicyclic) bond motifs is 1. The molecule has 122 valence electrons. The average molecular weight is 320 g/mol. The van der Waals surface area contributed by atoms with E-state index in [4.69, 9.17) is 14.2 Å². The number of nitrogens with one attached hydrogen (secondary N) is 1. The lowest BCUT2D eigenvalue weighted by Gasteiger charge is -2.26. The van der Waals surface area contributed by atoms with Crippen molar-refractivity contribution in [3.05, 3.63) is 24.3 Å². The van der Waals surface area contributed by atoms with Crippen LogP contribution in [0.4, 0.5) is 4.79 Å². The van der Waals surface area contributed by atoms with E-state index in [9.17, 15) is 14.4 Å². The summed E-state index contributed by atoms with van der Waals surface area (Å²) in [5.74, 6) is -0.279. The van der Waals surface area contributed by atoms with Crippen LogP contribution in [0.2, 0.25) is 0 Å². The summed E-state index contributed by atoms with van der Waals surface area (Å²) in [4.78, 5) is 36.7. The summed E-state index contributed by atoms with van der Waals surface area (Å²) < 4.78 is 16.1. The van der Waals surface area contributed by atoms with Crippen molar-refractivity contribution in [3.8, 4) is 11.5 Å². The van der Waals surface area contributed by atoms with E-state index in [-0.39, 0.29) is 13.2 Å². The number of carbonyl (C=O) groups excluding carboxylic acids is 3. The van der Waals surface area contributed by atoms with Gasteiger partial charge >= 0.3 is 12.0 Å². The van der Waals surface area contributed by atoms with E-state index < -0.39 is 30.1 Å². The number of nitrogens with zero attached hydrogens (tertiary/aromatic N) is 1. The molecule has 1 N–H and O–H groups in total. The topological polar surface area (TPSA) is 94.2 Å². The summed E-state index contributed by atoms with van der Waals surface area (Å²) in [6.07, 6.45) is -2.03. The van der Waals surface area contributed by atoms with E-state index in [0.29, 0.717) is 18.0 Å². The molecule has 2 aliphatic heterocycles. The molecule has 1 saturated heterocycles. The highest BCUT2D eigenvalue weighted by atomic mass is 16.6. The van der Waals surface area contributed by atoms with Gasteiger partial charge in [0.1, 0.15) is 6.61 Å². The van der Waals surface area contributed by atoms with E-state index in [0.717, 1.165) is 4.90 Å². The van der Waals surface area contributed by atoms with Crippen LogP contribution < -0.4 is 14.8 Å². The standard InChI is InChI=1S/C15H16N2O6/c1-9(13(18)17-7-6-16-15(17)20)22-14(19)12-8-21-10-4-2-3-5-11(10)23-12/h2-5,9,12H,6-8H2,1H3,(H,16,20)/t9-,12-/m1/s1. The largest absolute Gasteiger partial charge is 0.485 e. The van der Waals surface area contributed by atoms with E-state index in [1.165, 1.54) is 6.92 Å². The molecule has 0 saturated carbocycles. The fraction of sp³-hybridized carbons (Fsp3) is 0.400. The van der Waals surface area contributed by atoms with Crippen LogP contribution in [-0.4, -0.2) is 54.7 Å². The Hall–Kier alpha value is -2.77. The van der Waals surface area contributed by atoms with Crippen LogP contribution in [0, 0.1) is 0 Å². The summed E-state index contributed by atoms with van der Waals surface area (Å²) in [5.41, 5.74) is 0. The summed E-state index contributed by atoms with van der Waals surface area (Å²) in [6.45, 7) is 2.07. The molecule has 0 bridgehead atoms. The molecule has 3 amide bonds. The van der Waals surface area contributed by atoms with Gasteiger partial charge in [-0.3, -0.25) is 9.69 Å². The van der Waals surface area contributed by atoms with Gasteiger partial charge in [0.2, 0.25) is 6.10 Å². The molecular weight excluding hydrogens is 304 g/mol. The number of hydrogen-bond donors (Lipinski definition) is 1. The average Bonchev–Trinajstić information content (AvgIpc) is 2.99. The highest BCUT2D eigenvalue weighted by Gasteiger charge is 2.35. The van der Waals surface area contributed by atoms with Crippen molar-refractivity contribution in [1.82, 2.24) is 10.2 Å². The zero-order valence-corrected chi connectivity index (χ0v) is 12.5. The van der Waals surface area contributed by atoms with Gasteiger partial charge in [-0.1, -0.05) is 12.1 Å². The van der Waals surface area contributed by atoms with Crippen LogP contribution in [0.1, 0.15) is 6.92 Å². The Balaban J connectivity index is 1.59. The van der Waals surface area contributed by atoms with Gasteiger partial charge in [0, 0.05) is 13.1 Å². The maximum atomic E-state index is 12.1. The summed E-state index contributed by atoms with van der Waals surface area (Å²) in [5, 5.41) is 2.51. The van der Waals surface area contributed by atoms with Crippen molar-refractivity contribution < 1.29 is 28.6 Å². The number of urea groups is 1. The summed E-state index contributed by atoms with van der Waals surface area (Å²) in [6, 6.07) is 6.48. The number of benzene rings is 1. The Morgan fingerprint density at radius 3 is 2.78 bits per heavy atom. The van der Waals surface area contributed by atoms with Gasteiger partial charge < -0.3 is 19.5 Å². The molecule has 2 heterocycles. The van der Waals surface area contributed by atoms with Crippen LogP contribution in [0.3, 0.4) is 0 Å². The first kappa shape index (κ1) is 15.1. The van der Waals surface area contributed by atoms with Crippen molar-refractivity contribution in [2.24, 2.45) is 0 Å². The minimum absolute atomic E-state index is 0.000950. The minimum atomic E-state index is -1.08. The van der Waals surface area contributed by atoms with Gasteiger partial charge in [-0.15, -0.1) is 0 Å². The molecule has 2 atom stereocenters. The van der Waals surface area contributed by atoms with Crippen LogP contribution in [0.25, 0.3) is 0 Å². The molecule has 2 aliphatic rings. The van der Waals surface area contributed by atoms with Crippen molar-refractivity contribution in [2.75, 3.05) is 19.7 Å². The minimum Gasteiger partial charge on any atom is -0.485 e. The second kappa shape index (κ2) is 6.15. The maximum Gasteiger partial charge on any atom is 0.351 e. The molecular formula is C15H16N2O6. The van der Waals surface area contributed by atoms with Crippen LogP contribution >= 0.6 is 0 Å². The zero-order valence-electron chi connectivity index (χ0n) is 12.5. The number of ether oxygens (including phenoxy) is 3. The summed E-state index contributed by atoms with van der Waals surface area (Å²) in [7, 11) is 0. The Morgan fingerprint density at radius 1 is 1.35 bits per heavy atom. The first-order valence-electron chi connectivity index (χ1n) is 7.24. The predicted molar refractivity (Wildman–Crippen MR) is 77.0 cm³/mol. The number of rotatable bonds is 3. The van der Waals surface area contributed by atoms with Crippen molar-refractivity contribution >= 4 is 17.9 Å². The second-order valence-corrected chi connectivity index (χ2v) is 5.17. The first-order valence-corrected chi connectivity index (χ1v) is 7.24. The molecule has 0 unspecified atom stereocenters. The molecule has 1 aromatic rings. The monoisotopic (exact) mass is 320 g/mol. The SMILES string of the molecule is C[C@@H](OC(=O)[C@H]1COc2ccccc2O1)C(=O)N1CCNC1=O. The quantitative estimate of drug-likeness (QED) is 0.806. The van der Waals surface area contributed by atoms with Gasteiger partial charge in [-0.05, 0) is 19.1 Å². The third-order valence-electron chi connectivity index (χ3n) is 3.54. The number of carbonyl (C=O) groups is 3. The van der Waals surface area contributed by atoms with E-state index >= 15 is 0 Å². The predicted octanol–water partition coefficient (Wildman–Crippen LogP) is 0.310. The smallest absolute Gasteiger partial charge is 0.351 e. The van der Waals surface area contributed by atoms with E-state index in [2.05, 4.69) is 5.32 Å². The molecule has 8 heteroatoms. The third-order valence-corrected chi connectivity index (χ3v) is 3.54. The Morgan fingerprint density at radius 2 is 2.09 bits per heavy atom. The van der Waals surface area contributed by atoms with Crippen LogP contribution in [0.5, 0.6) is 11.5 Å². The molecule has 3 rings (SSSR count). The fourth-order valence-electron chi connectivity index (χ4n) is 2.34. The molecule has 0 aliphatic carbocycles. The van der Waals surface area contributed by atoms with Gasteiger partial charge in [-0.25, -0.2) is 9.59 Å². The fourth-order valence-corrected chi connectivity index (χ4v) is 2.34. The molecule has 0 spiro atoms. The Bertz CT molecular complexity index is 647.